The molecule has 0 spiro atoms. The van der Waals surface area contributed by atoms with Gasteiger partial charge < -0.3 is 10.6 Å². The number of rotatable bonds is 6. The molecule has 0 aromatic carbocycles. The van der Waals surface area contributed by atoms with Crippen molar-refractivity contribution in [3.05, 3.63) is 22.4 Å². The van der Waals surface area contributed by atoms with Crippen molar-refractivity contribution in [1.82, 2.24) is 14.9 Å². The zero-order valence-electron chi connectivity index (χ0n) is 16.0. The Hall–Kier alpha value is -0.390. The number of sulfonamides is 1. The van der Waals surface area contributed by atoms with Crippen LogP contribution in [-0.2, 0) is 15.4 Å². The van der Waals surface area contributed by atoms with Gasteiger partial charge in [0.2, 0.25) is 10.0 Å². The first-order chi connectivity index (χ1) is 11.7. The van der Waals surface area contributed by atoms with Crippen LogP contribution in [0.3, 0.4) is 0 Å². The minimum Gasteiger partial charge on any atom is -0.356 e. The van der Waals surface area contributed by atoms with Gasteiger partial charge in [0.1, 0.15) is 0 Å². The Morgan fingerprint density at radius 3 is 2.50 bits per heavy atom. The fourth-order valence-corrected chi connectivity index (χ4v) is 4.69. The summed E-state index contributed by atoms with van der Waals surface area (Å²) < 4.78 is 24.7. The molecule has 9 heteroatoms. The van der Waals surface area contributed by atoms with Gasteiger partial charge in [0, 0.05) is 43.5 Å². The van der Waals surface area contributed by atoms with E-state index < -0.39 is 10.0 Å². The van der Waals surface area contributed by atoms with Crippen LogP contribution in [-0.4, -0.2) is 58.2 Å². The van der Waals surface area contributed by atoms with Crippen LogP contribution in [0.4, 0.5) is 0 Å². The molecule has 26 heavy (non-hydrogen) atoms. The Morgan fingerprint density at radius 1 is 1.35 bits per heavy atom. The first kappa shape index (κ1) is 23.6. The van der Waals surface area contributed by atoms with Crippen molar-refractivity contribution in [3.8, 4) is 0 Å². The van der Waals surface area contributed by atoms with Crippen molar-refractivity contribution in [1.29, 1.82) is 0 Å². The van der Waals surface area contributed by atoms with Crippen LogP contribution in [0.25, 0.3) is 0 Å². The molecule has 0 amide bonds. The number of halogens is 1. The van der Waals surface area contributed by atoms with Gasteiger partial charge in [0.15, 0.2) is 5.96 Å². The lowest BCUT2D eigenvalue weighted by Crippen LogP contribution is -2.46. The average Bonchev–Trinajstić information content (AvgIpc) is 3.10. The molecule has 2 rings (SSSR count). The van der Waals surface area contributed by atoms with E-state index in [1.165, 1.54) is 11.1 Å². The summed E-state index contributed by atoms with van der Waals surface area (Å²) in [6, 6.07) is 4.25. The topological polar surface area (TPSA) is 73.8 Å². The van der Waals surface area contributed by atoms with Crippen molar-refractivity contribution < 1.29 is 8.42 Å². The van der Waals surface area contributed by atoms with E-state index in [2.05, 4.69) is 47.0 Å². The van der Waals surface area contributed by atoms with E-state index >= 15 is 0 Å². The van der Waals surface area contributed by atoms with Crippen LogP contribution in [0.15, 0.2) is 22.5 Å². The second kappa shape index (κ2) is 10.2. The molecule has 6 nitrogen and oxygen atoms in total. The first-order valence-corrected chi connectivity index (χ1v) is 11.4. The first-order valence-electron chi connectivity index (χ1n) is 8.66. The molecule has 2 heterocycles. The predicted molar refractivity (Wildman–Crippen MR) is 121 cm³/mol. The molecule has 1 saturated heterocycles. The van der Waals surface area contributed by atoms with E-state index in [-0.39, 0.29) is 29.4 Å². The van der Waals surface area contributed by atoms with Crippen molar-refractivity contribution in [3.63, 3.8) is 0 Å². The van der Waals surface area contributed by atoms with Gasteiger partial charge in [-0.15, -0.1) is 35.3 Å². The highest BCUT2D eigenvalue weighted by Gasteiger charge is 2.25. The Labute approximate surface area is 178 Å². The molecule has 1 aliphatic rings. The minimum absolute atomic E-state index is 0. The second-order valence-corrected chi connectivity index (χ2v) is 10.2. The van der Waals surface area contributed by atoms with Crippen LogP contribution in [0.5, 0.6) is 0 Å². The van der Waals surface area contributed by atoms with Crippen LogP contribution in [0.2, 0.25) is 0 Å². The molecule has 0 saturated carbocycles. The molecule has 0 unspecified atom stereocenters. The normalized spacial score (nSPS) is 17.6. The zero-order chi connectivity index (χ0) is 18.5. The number of nitrogens with zero attached hydrogens (tertiary/aromatic N) is 2. The van der Waals surface area contributed by atoms with Gasteiger partial charge in [-0.2, -0.15) is 0 Å². The Kier molecular flexibility index (Phi) is 9.31. The summed E-state index contributed by atoms with van der Waals surface area (Å²) in [7, 11) is -1.28. The monoisotopic (exact) mass is 514 g/mol. The summed E-state index contributed by atoms with van der Waals surface area (Å²) >= 11 is 1.77. The zero-order valence-corrected chi connectivity index (χ0v) is 20.0. The second-order valence-electron chi connectivity index (χ2n) is 7.27. The third kappa shape index (κ3) is 6.97. The summed E-state index contributed by atoms with van der Waals surface area (Å²) in [5, 5.41) is 8.90. The number of piperidine rings is 1. The number of thiophene rings is 1. The third-order valence-electron chi connectivity index (χ3n) is 4.71. The van der Waals surface area contributed by atoms with Crippen molar-refractivity contribution in [2.45, 2.75) is 32.1 Å². The van der Waals surface area contributed by atoms with Crippen LogP contribution in [0.1, 0.15) is 31.6 Å². The number of hydrogen-bond acceptors (Lipinski definition) is 4. The number of guanidine groups is 1. The van der Waals surface area contributed by atoms with Gasteiger partial charge in [0.05, 0.1) is 6.26 Å². The lowest BCUT2D eigenvalue weighted by molar-refractivity contribution is 0.274. The van der Waals surface area contributed by atoms with E-state index in [1.807, 2.05) is 0 Å². The number of hydrogen-bond donors (Lipinski definition) is 2. The van der Waals surface area contributed by atoms with Gasteiger partial charge in [-0.25, -0.2) is 12.7 Å². The third-order valence-corrected chi connectivity index (χ3v) is 7.25. The van der Waals surface area contributed by atoms with Crippen LogP contribution < -0.4 is 10.6 Å². The maximum atomic E-state index is 11.6. The van der Waals surface area contributed by atoms with Crippen LogP contribution in [0, 0.1) is 5.92 Å². The molecule has 0 radical (unpaired) electrons. The van der Waals surface area contributed by atoms with E-state index in [4.69, 9.17) is 0 Å². The molecule has 1 aliphatic heterocycles. The summed E-state index contributed by atoms with van der Waals surface area (Å²) in [5.74, 6) is 1.28. The lowest BCUT2D eigenvalue weighted by atomic mass is 9.91. The standard InChI is InChI=1S/C17H30N4O2S2.HI/c1-17(2,15-6-5-11-24-15)13-20-16(18-3)19-12-14-7-9-21(10-8-14)25(4,22)23;/h5-6,11,14H,7-10,12-13H2,1-4H3,(H2,18,19,20);1H. The van der Waals surface area contributed by atoms with Crippen molar-refractivity contribution in [2.75, 3.05) is 39.5 Å². The van der Waals surface area contributed by atoms with E-state index in [1.54, 1.807) is 22.7 Å². The molecule has 0 bridgehead atoms. The Bertz CT molecular complexity index is 667. The van der Waals surface area contributed by atoms with Gasteiger partial charge >= 0.3 is 0 Å². The molecule has 0 atom stereocenters. The van der Waals surface area contributed by atoms with Crippen molar-refractivity contribution >= 4 is 51.3 Å². The molecule has 2 N–H and O–H groups in total. The van der Waals surface area contributed by atoms with Gasteiger partial charge in [-0.1, -0.05) is 19.9 Å². The number of aliphatic imine (C=N–C) groups is 1. The highest BCUT2D eigenvalue weighted by Crippen LogP contribution is 2.26. The molecular formula is C17H31IN4O2S2. The maximum absolute atomic E-state index is 11.6. The average molecular weight is 514 g/mol. The minimum atomic E-state index is -3.05. The largest absolute Gasteiger partial charge is 0.356 e. The van der Waals surface area contributed by atoms with E-state index in [0.717, 1.165) is 31.9 Å². The Balaban J connectivity index is 0.00000338. The quantitative estimate of drug-likeness (QED) is 0.348. The van der Waals surface area contributed by atoms with Gasteiger partial charge in [-0.05, 0) is 30.2 Å². The maximum Gasteiger partial charge on any atom is 0.211 e. The summed E-state index contributed by atoms with van der Waals surface area (Å²) in [5.41, 5.74) is 0.0482. The lowest BCUT2D eigenvalue weighted by Gasteiger charge is -2.31. The molecule has 1 fully saturated rings. The van der Waals surface area contributed by atoms with Crippen molar-refractivity contribution in [2.24, 2.45) is 10.9 Å². The summed E-state index contributed by atoms with van der Waals surface area (Å²) in [6.45, 7) is 7.29. The summed E-state index contributed by atoms with van der Waals surface area (Å²) in [4.78, 5) is 5.65. The fourth-order valence-electron chi connectivity index (χ4n) is 2.96. The predicted octanol–water partition coefficient (Wildman–Crippen LogP) is 2.48. The van der Waals surface area contributed by atoms with E-state index in [9.17, 15) is 8.42 Å². The molecular weight excluding hydrogens is 483 g/mol. The molecule has 150 valence electrons. The highest BCUT2D eigenvalue weighted by atomic mass is 127. The molecule has 0 aliphatic carbocycles. The van der Waals surface area contributed by atoms with Gasteiger partial charge in [-0.3, -0.25) is 4.99 Å². The van der Waals surface area contributed by atoms with E-state index in [0.29, 0.717) is 19.0 Å². The number of nitrogens with one attached hydrogen (secondary N) is 2. The summed E-state index contributed by atoms with van der Waals surface area (Å²) in [6.07, 6.45) is 3.06. The Morgan fingerprint density at radius 2 is 2.00 bits per heavy atom. The van der Waals surface area contributed by atoms with Gasteiger partial charge in [0.25, 0.3) is 0 Å². The fraction of sp³-hybridized carbons (Fsp3) is 0.706. The highest BCUT2D eigenvalue weighted by molar-refractivity contribution is 14.0. The SMILES string of the molecule is CN=C(NCC1CCN(S(C)(=O)=O)CC1)NCC(C)(C)c1cccs1.I. The molecule has 1 aromatic heterocycles. The smallest absolute Gasteiger partial charge is 0.211 e. The van der Waals surface area contributed by atoms with Crippen LogP contribution >= 0.6 is 35.3 Å². The molecule has 1 aromatic rings.